The average Bonchev–Trinajstić information content (AvgIpc) is 2.90. The first-order chi connectivity index (χ1) is 17.3. The zero-order chi connectivity index (χ0) is 24.6. The summed E-state index contributed by atoms with van der Waals surface area (Å²) in [6, 6.07) is 18.4. The Labute approximate surface area is 215 Å². The van der Waals surface area contributed by atoms with Gasteiger partial charge in [0, 0.05) is 0 Å². The molecule has 0 aromatic heterocycles. The highest BCUT2D eigenvalue weighted by molar-refractivity contribution is 5.24. The zero-order valence-electron chi connectivity index (χ0n) is 22.2. The van der Waals surface area contributed by atoms with E-state index in [0.29, 0.717) is 13.2 Å². The highest BCUT2D eigenvalue weighted by Crippen LogP contribution is 2.34. The molecule has 0 N–H and O–H groups in total. The van der Waals surface area contributed by atoms with Crippen LogP contribution in [0, 0.1) is 11.8 Å². The predicted molar refractivity (Wildman–Crippen MR) is 152 cm³/mol. The van der Waals surface area contributed by atoms with Crippen LogP contribution in [-0.4, -0.2) is 6.61 Å². The van der Waals surface area contributed by atoms with E-state index in [1.807, 2.05) is 19.1 Å². The number of ether oxygens (including phenoxy) is 1. The van der Waals surface area contributed by atoms with Gasteiger partial charge in [-0.15, -0.1) is 6.58 Å². The van der Waals surface area contributed by atoms with Crippen LogP contribution in [0.2, 0.25) is 0 Å². The van der Waals surface area contributed by atoms with Crippen LogP contribution < -0.4 is 0 Å². The highest BCUT2D eigenvalue weighted by Gasteiger charge is 2.20. The molecule has 35 heavy (non-hydrogen) atoms. The fourth-order valence-corrected chi connectivity index (χ4v) is 5.40. The van der Waals surface area contributed by atoms with Gasteiger partial charge in [-0.3, -0.25) is 0 Å². The Balaban J connectivity index is 1.26. The molecule has 1 heteroatoms. The van der Waals surface area contributed by atoms with Crippen LogP contribution in [0.15, 0.2) is 73.3 Å². The van der Waals surface area contributed by atoms with Crippen LogP contribution in [0.5, 0.6) is 0 Å². The average molecular weight is 473 g/mol. The fourth-order valence-electron chi connectivity index (χ4n) is 5.40. The second-order valence-corrected chi connectivity index (χ2v) is 10.6. The molecule has 190 valence electrons. The van der Waals surface area contributed by atoms with Gasteiger partial charge < -0.3 is 4.74 Å². The van der Waals surface area contributed by atoms with Gasteiger partial charge in [0.1, 0.15) is 0 Å². The quantitative estimate of drug-likeness (QED) is 0.175. The Bertz CT molecular complexity index is 837. The van der Waals surface area contributed by atoms with E-state index < -0.39 is 0 Å². The Morgan fingerprint density at radius 1 is 0.714 bits per heavy atom. The van der Waals surface area contributed by atoms with Crippen molar-refractivity contribution in [3.05, 3.63) is 95.6 Å². The third-order valence-corrected chi connectivity index (χ3v) is 7.77. The summed E-state index contributed by atoms with van der Waals surface area (Å²) in [7, 11) is 0. The molecule has 1 nitrogen and oxygen atoms in total. The molecule has 0 radical (unpaired) electrons. The van der Waals surface area contributed by atoms with Crippen LogP contribution in [0.1, 0.15) is 93.4 Å². The lowest BCUT2D eigenvalue weighted by Crippen LogP contribution is -2.15. The summed E-state index contributed by atoms with van der Waals surface area (Å²) < 4.78 is 5.63. The number of rotatable bonds is 16. The van der Waals surface area contributed by atoms with Crippen LogP contribution in [0.4, 0.5) is 0 Å². The van der Waals surface area contributed by atoms with Gasteiger partial charge in [0.25, 0.3) is 0 Å². The van der Waals surface area contributed by atoms with Gasteiger partial charge in [0.15, 0.2) is 0 Å². The Morgan fingerprint density at radius 3 is 1.77 bits per heavy atom. The van der Waals surface area contributed by atoms with Crippen LogP contribution in [0.3, 0.4) is 0 Å². The van der Waals surface area contributed by atoms with Gasteiger partial charge in [0.2, 0.25) is 0 Å². The summed E-state index contributed by atoms with van der Waals surface area (Å²) in [5.41, 5.74) is 5.70. The van der Waals surface area contributed by atoms with E-state index in [1.165, 1.54) is 99.3 Å². The topological polar surface area (TPSA) is 9.23 Å². The molecule has 0 spiro atoms. The molecule has 1 aliphatic carbocycles. The van der Waals surface area contributed by atoms with E-state index >= 15 is 0 Å². The minimum atomic E-state index is 0.692. The largest absolute Gasteiger partial charge is 0.373 e. The molecule has 0 saturated heterocycles. The van der Waals surface area contributed by atoms with Crippen molar-refractivity contribution in [2.24, 2.45) is 11.8 Å². The first-order valence-corrected chi connectivity index (χ1v) is 14.2. The maximum absolute atomic E-state index is 5.63. The summed E-state index contributed by atoms with van der Waals surface area (Å²) >= 11 is 0. The molecule has 0 bridgehead atoms. The summed E-state index contributed by atoms with van der Waals surface area (Å²) in [6.45, 7) is 7.26. The third-order valence-electron chi connectivity index (χ3n) is 7.77. The highest BCUT2D eigenvalue weighted by atomic mass is 16.5. The second kappa shape index (κ2) is 16.5. The van der Waals surface area contributed by atoms with Crippen molar-refractivity contribution >= 4 is 0 Å². The van der Waals surface area contributed by atoms with Gasteiger partial charge in [-0.1, -0.05) is 98.9 Å². The normalized spacial score (nSPS) is 18.2. The summed E-state index contributed by atoms with van der Waals surface area (Å²) in [6.07, 6.45) is 23.4. The molecule has 2 aromatic rings. The number of benzene rings is 2. The molecular weight excluding hydrogens is 424 g/mol. The van der Waals surface area contributed by atoms with Crippen molar-refractivity contribution in [2.75, 3.05) is 6.61 Å². The van der Waals surface area contributed by atoms with Crippen LogP contribution >= 0.6 is 0 Å². The third kappa shape index (κ3) is 11.0. The van der Waals surface area contributed by atoms with Crippen molar-refractivity contribution in [3.8, 4) is 0 Å². The molecule has 3 rings (SSSR count). The molecule has 2 aromatic carbocycles. The van der Waals surface area contributed by atoms with E-state index in [1.54, 1.807) is 0 Å². The number of unbranched alkanes of at least 4 members (excludes halogenated alkanes) is 2. The van der Waals surface area contributed by atoms with Crippen molar-refractivity contribution < 1.29 is 4.74 Å². The minimum Gasteiger partial charge on any atom is -0.373 e. The van der Waals surface area contributed by atoms with E-state index in [0.717, 1.165) is 18.3 Å². The lowest BCUT2D eigenvalue weighted by molar-refractivity contribution is 0.148. The van der Waals surface area contributed by atoms with Crippen molar-refractivity contribution in [2.45, 2.75) is 97.0 Å². The maximum Gasteiger partial charge on any atom is 0.0721 e. The maximum atomic E-state index is 5.63. The van der Waals surface area contributed by atoms with Crippen molar-refractivity contribution in [3.63, 3.8) is 0 Å². The molecule has 0 aliphatic heterocycles. The first-order valence-electron chi connectivity index (χ1n) is 14.2. The second-order valence-electron chi connectivity index (χ2n) is 10.6. The van der Waals surface area contributed by atoms with Gasteiger partial charge in [0.05, 0.1) is 13.2 Å². The number of hydrogen-bond acceptors (Lipinski definition) is 1. The Hall–Kier alpha value is -2.12. The predicted octanol–water partition coefficient (Wildman–Crippen LogP) is 9.44. The standard InChI is InChI=1S/C34H48O/c1-3-5-7-10-29-13-17-32(18-14-29)21-22-33-19-15-30(16-20-33)11-8-9-12-31-23-25-34(26-24-31)28-35-27-6-4-2/h3-4,6,15-16,19-20,23-26,29,32H,1,5,7-14,17-18,21-22,27-28H2,2H3/t29-,32-. The summed E-state index contributed by atoms with van der Waals surface area (Å²) in [5, 5.41) is 0. The SMILES string of the molecule is C=CCCC[C@H]1CC[C@H](CCc2ccc(CCCCc3ccc(COCC=CC)cc3)cc2)CC1. The van der Waals surface area contributed by atoms with Crippen LogP contribution in [0.25, 0.3) is 0 Å². The van der Waals surface area contributed by atoms with E-state index in [-0.39, 0.29) is 0 Å². The van der Waals surface area contributed by atoms with E-state index in [2.05, 4.69) is 61.2 Å². The molecule has 0 heterocycles. The number of aryl methyl sites for hydroxylation is 3. The van der Waals surface area contributed by atoms with Crippen molar-refractivity contribution in [1.29, 1.82) is 0 Å². The molecule has 1 aliphatic rings. The summed E-state index contributed by atoms with van der Waals surface area (Å²) in [4.78, 5) is 0. The Kier molecular flexibility index (Phi) is 13.0. The molecule has 1 fully saturated rings. The molecule has 1 saturated carbocycles. The lowest BCUT2D eigenvalue weighted by atomic mass is 9.78. The van der Waals surface area contributed by atoms with Gasteiger partial charge >= 0.3 is 0 Å². The molecular formula is C34H48O. The van der Waals surface area contributed by atoms with Gasteiger partial charge in [-0.05, 0) is 92.4 Å². The molecule has 0 amide bonds. The fraction of sp³-hybridized carbons (Fsp3) is 0.529. The van der Waals surface area contributed by atoms with Crippen molar-refractivity contribution in [1.82, 2.24) is 0 Å². The zero-order valence-corrected chi connectivity index (χ0v) is 22.2. The van der Waals surface area contributed by atoms with Gasteiger partial charge in [-0.25, -0.2) is 0 Å². The van der Waals surface area contributed by atoms with Gasteiger partial charge in [-0.2, -0.15) is 0 Å². The van der Waals surface area contributed by atoms with Crippen LogP contribution in [-0.2, 0) is 30.6 Å². The molecule has 0 unspecified atom stereocenters. The minimum absolute atomic E-state index is 0.692. The molecule has 0 atom stereocenters. The van der Waals surface area contributed by atoms with E-state index in [4.69, 9.17) is 4.74 Å². The van der Waals surface area contributed by atoms with E-state index in [9.17, 15) is 0 Å². The summed E-state index contributed by atoms with van der Waals surface area (Å²) in [5.74, 6) is 1.93. The Morgan fingerprint density at radius 2 is 1.23 bits per heavy atom. The number of hydrogen-bond donors (Lipinski definition) is 0. The smallest absolute Gasteiger partial charge is 0.0721 e. The first kappa shape index (κ1) is 27.5. The monoisotopic (exact) mass is 472 g/mol. The lowest BCUT2D eigenvalue weighted by Gasteiger charge is -2.28. The number of allylic oxidation sites excluding steroid dienone is 2.